The Labute approximate surface area is 157 Å². The van der Waals surface area contributed by atoms with Gasteiger partial charge in [0.05, 0.1) is 13.4 Å². The summed E-state index contributed by atoms with van der Waals surface area (Å²) in [6, 6.07) is 17.8. The van der Waals surface area contributed by atoms with Crippen LogP contribution in [-0.2, 0) is 11.2 Å². The molecule has 0 aliphatic rings. The predicted molar refractivity (Wildman–Crippen MR) is 103 cm³/mol. The van der Waals surface area contributed by atoms with Gasteiger partial charge in [-0.2, -0.15) is 0 Å². The summed E-state index contributed by atoms with van der Waals surface area (Å²) in [7, 11) is 1.61. The molecule has 138 valence electrons. The molecule has 2 aromatic carbocycles. The molecule has 0 unspecified atom stereocenters. The van der Waals surface area contributed by atoms with Crippen LogP contribution in [0.2, 0.25) is 0 Å². The molecule has 0 spiro atoms. The van der Waals surface area contributed by atoms with E-state index in [9.17, 15) is 9.59 Å². The number of benzene rings is 2. The highest BCUT2D eigenvalue weighted by atomic mass is 16.5. The van der Waals surface area contributed by atoms with E-state index in [2.05, 4.69) is 10.6 Å². The Morgan fingerprint density at radius 2 is 1.74 bits per heavy atom. The summed E-state index contributed by atoms with van der Waals surface area (Å²) < 4.78 is 10.2. The van der Waals surface area contributed by atoms with Gasteiger partial charge in [-0.3, -0.25) is 9.59 Å². The van der Waals surface area contributed by atoms with E-state index in [0.717, 1.165) is 11.3 Å². The summed E-state index contributed by atoms with van der Waals surface area (Å²) in [4.78, 5) is 24.2. The minimum atomic E-state index is -0.346. The SMILES string of the molecule is COc1cccc(CCC(=O)Nc2cccc(NC(=O)c3ccco3)c2)c1. The normalized spacial score (nSPS) is 10.3. The zero-order valence-corrected chi connectivity index (χ0v) is 14.9. The van der Waals surface area contributed by atoms with Crippen LogP contribution in [0.15, 0.2) is 71.3 Å². The smallest absolute Gasteiger partial charge is 0.291 e. The second-order valence-corrected chi connectivity index (χ2v) is 5.91. The number of aryl methyl sites for hydroxylation is 1. The lowest BCUT2D eigenvalue weighted by molar-refractivity contribution is -0.116. The molecule has 0 fully saturated rings. The van der Waals surface area contributed by atoms with Crippen LogP contribution >= 0.6 is 0 Å². The number of methoxy groups -OCH3 is 1. The van der Waals surface area contributed by atoms with Gasteiger partial charge in [-0.05, 0) is 54.4 Å². The van der Waals surface area contributed by atoms with Gasteiger partial charge in [0.2, 0.25) is 5.91 Å². The summed E-state index contributed by atoms with van der Waals surface area (Å²) in [5.74, 6) is 0.546. The van der Waals surface area contributed by atoms with E-state index in [0.29, 0.717) is 24.2 Å². The first-order valence-corrected chi connectivity index (χ1v) is 8.52. The molecule has 0 atom stereocenters. The average Bonchev–Trinajstić information content (AvgIpc) is 3.22. The molecular weight excluding hydrogens is 344 g/mol. The van der Waals surface area contributed by atoms with Crippen molar-refractivity contribution in [2.75, 3.05) is 17.7 Å². The lowest BCUT2D eigenvalue weighted by Crippen LogP contribution is -2.14. The van der Waals surface area contributed by atoms with E-state index in [1.807, 2.05) is 24.3 Å². The summed E-state index contributed by atoms with van der Waals surface area (Å²) in [5.41, 5.74) is 2.22. The summed E-state index contributed by atoms with van der Waals surface area (Å²) >= 11 is 0. The number of hydrogen-bond donors (Lipinski definition) is 2. The Kier molecular flexibility index (Phi) is 5.89. The van der Waals surface area contributed by atoms with E-state index in [4.69, 9.17) is 9.15 Å². The van der Waals surface area contributed by atoms with Crippen molar-refractivity contribution in [3.8, 4) is 5.75 Å². The van der Waals surface area contributed by atoms with Crippen molar-refractivity contribution < 1.29 is 18.7 Å². The highest BCUT2D eigenvalue weighted by Crippen LogP contribution is 2.18. The lowest BCUT2D eigenvalue weighted by atomic mass is 10.1. The monoisotopic (exact) mass is 364 g/mol. The van der Waals surface area contributed by atoms with Gasteiger partial charge in [-0.1, -0.05) is 18.2 Å². The van der Waals surface area contributed by atoms with Crippen LogP contribution in [0.4, 0.5) is 11.4 Å². The third-order valence-corrected chi connectivity index (χ3v) is 3.92. The van der Waals surface area contributed by atoms with Crippen molar-refractivity contribution in [3.63, 3.8) is 0 Å². The van der Waals surface area contributed by atoms with Crippen LogP contribution in [0.1, 0.15) is 22.5 Å². The number of rotatable bonds is 7. The maximum Gasteiger partial charge on any atom is 0.291 e. The van der Waals surface area contributed by atoms with E-state index in [1.54, 1.807) is 43.5 Å². The molecule has 0 bridgehead atoms. The van der Waals surface area contributed by atoms with E-state index in [-0.39, 0.29) is 17.6 Å². The number of nitrogens with one attached hydrogen (secondary N) is 2. The number of ether oxygens (including phenoxy) is 1. The summed E-state index contributed by atoms with van der Waals surface area (Å²) in [6.07, 6.45) is 2.39. The van der Waals surface area contributed by atoms with Crippen molar-refractivity contribution in [3.05, 3.63) is 78.3 Å². The minimum Gasteiger partial charge on any atom is -0.497 e. The van der Waals surface area contributed by atoms with Crippen LogP contribution in [-0.4, -0.2) is 18.9 Å². The molecule has 6 heteroatoms. The Bertz CT molecular complexity index is 919. The lowest BCUT2D eigenvalue weighted by Gasteiger charge is -2.09. The van der Waals surface area contributed by atoms with E-state index < -0.39 is 0 Å². The fraction of sp³-hybridized carbons (Fsp3) is 0.143. The highest BCUT2D eigenvalue weighted by molar-refractivity contribution is 6.02. The van der Waals surface area contributed by atoms with Gasteiger partial charge < -0.3 is 19.8 Å². The first kappa shape index (κ1) is 18.3. The summed E-state index contributed by atoms with van der Waals surface area (Å²) in [5, 5.41) is 5.57. The summed E-state index contributed by atoms with van der Waals surface area (Å²) in [6.45, 7) is 0. The second-order valence-electron chi connectivity index (χ2n) is 5.91. The molecule has 0 aliphatic carbocycles. The van der Waals surface area contributed by atoms with E-state index >= 15 is 0 Å². The fourth-order valence-corrected chi connectivity index (χ4v) is 2.58. The molecule has 3 aromatic rings. The van der Waals surface area contributed by atoms with Crippen molar-refractivity contribution in [2.24, 2.45) is 0 Å². The van der Waals surface area contributed by atoms with Gasteiger partial charge in [0.1, 0.15) is 5.75 Å². The van der Waals surface area contributed by atoms with Gasteiger partial charge in [0.15, 0.2) is 5.76 Å². The maximum atomic E-state index is 12.2. The molecule has 0 radical (unpaired) electrons. The number of amides is 2. The Morgan fingerprint density at radius 1 is 0.963 bits per heavy atom. The van der Waals surface area contributed by atoms with Gasteiger partial charge in [0, 0.05) is 17.8 Å². The van der Waals surface area contributed by atoms with Gasteiger partial charge >= 0.3 is 0 Å². The molecular formula is C21H20N2O4. The molecule has 0 aliphatic heterocycles. The fourth-order valence-electron chi connectivity index (χ4n) is 2.58. The average molecular weight is 364 g/mol. The zero-order valence-electron chi connectivity index (χ0n) is 14.9. The van der Waals surface area contributed by atoms with E-state index in [1.165, 1.54) is 6.26 Å². The van der Waals surface area contributed by atoms with Crippen molar-refractivity contribution in [2.45, 2.75) is 12.8 Å². The van der Waals surface area contributed by atoms with Gasteiger partial charge in [-0.25, -0.2) is 0 Å². The Hall–Kier alpha value is -3.54. The van der Waals surface area contributed by atoms with Crippen LogP contribution in [0, 0.1) is 0 Å². The predicted octanol–water partition coefficient (Wildman–Crippen LogP) is 4.11. The first-order valence-electron chi connectivity index (χ1n) is 8.52. The number of carbonyl (C=O) groups is 2. The topological polar surface area (TPSA) is 80.6 Å². The van der Waals surface area contributed by atoms with Crippen LogP contribution in [0.5, 0.6) is 5.75 Å². The molecule has 0 saturated carbocycles. The highest BCUT2D eigenvalue weighted by Gasteiger charge is 2.09. The standard InChI is InChI=1S/C21H20N2O4/c1-26-18-8-2-5-15(13-18)10-11-20(24)22-16-6-3-7-17(14-16)23-21(25)19-9-4-12-27-19/h2-9,12-14H,10-11H2,1H3,(H,22,24)(H,23,25). The largest absolute Gasteiger partial charge is 0.497 e. The molecule has 6 nitrogen and oxygen atoms in total. The van der Waals surface area contributed by atoms with Crippen molar-refractivity contribution >= 4 is 23.2 Å². The van der Waals surface area contributed by atoms with Gasteiger partial charge in [0.25, 0.3) is 5.91 Å². The van der Waals surface area contributed by atoms with Crippen LogP contribution in [0.25, 0.3) is 0 Å². The number of carbonyl (C=O) groups excluding carboxylic acids is 2. The second kappa shape index (κ2) is 8.71. The number of anilines is 2. The Morgan fingerprint density at radius 3 is 2.48 bits per heavy atom. The number of hydrogen-bond acceptors (Lipinski definition) is 4. The number of furan rings is 1. The third-order valence-electron chi connectivity index (χ3n) is 3.92. The molecule has 2 N–H and O–H groups in total. The van der Waals surface area contributed by atoms with Crippen molar-refractivity contribution in [1.29, 1.82) is 0 Å². The molecule has 27 heavy (non-hydrogen) atoms. The van der Waals surface area contributed by atoms with Crippen LogP contribution < -0.4 is 15.4 Å². The third kappa shape index (κ3) is 5.22. The molecule has 1 heterocycles. The first-order chi connectivity index (χ1) is 13.1. The molecule has 3 rings (SSSR count). The molecule has 0 saturated heterocycles. The quantitative estimate of drug-likeness (QED) is 0.661. The zero-order chi connectivity index (χ0) is 19.1. The van der Waals surface area contributed by atoms with Crippen molar-refractivity contribution in [1.82, 2.24) is 0 Å². The van der Waals surface area contributed by atoms with Gasteiger partial charge in [-0.15, -0.1) is 0 Å². The Balaban J connectivity index is 1.55. The van der Waals surface area contributed by atoms with Crippen LogP contribution in [0.3, 0.4) is 0 Å². The minimum absolute atomic E-state index is 0.104. The maximum absolute atomic E-state index is 12.2. The molecule has 2 amide bonds. The molecule has 1 aromatic heterocycles.